The molecule has 26 heavy (non-hydrogen) atoms. The van der Waals surface area contributed by atoms with Crippen LogP contribution in [0, 0.1) is 6.92 Å². The summed E-state index contributed by atoms with van der Waals surface area (Å²) in [4.78, 5) is 37.1. The SMILES string of the molecule is CNC(=O)[C@@H]1CN(C(=O)c2cnc(C)nc2)CCN1Cc1ccccc1. The summed E-state index contributed by atoms with van der Waals surface area (Å²) in [5, 5.41) is 2.71. The van der Waals surface area contributed by atoms with Gasteiger partial charge in [-0.05, 0) is 12.5 Å². The van der Waals surface area contributed by atoms with Crippen molar-refractivity contribution in [3.63, 3.8) is 0 Å². The largest absolute Gasteiger partial charge is 0.358 e. The number of nitrogens with zero attached hydrogens (tertiary/aromatic N) is 4. The highest BCUT2D eigenvalue weighted by molar-refractivity contribution is 5.94. The van der Waals surface area contributed by atoms with Gasteiger partial charge < -0.3 is 10.2 Å². The number of amides is 2. The molecular weight excluding hydrogens is 330 g/mol. The first-order valence-electron chi connectivity index (χ1n) is 8.66. The van der Waals surface area contributed by atoms with Crippen molar-refractivity contribution in [2.45, 2.75) is 19.5 Å². The maximum Gasteiger partial charge on any atom is 0.257 e. The van der Waals surface area contributed by atoms with Crippen LogP contribution in [0.1, 0.15) is 21.7 Å². The summed E-state index contributed by atoms with van der Waals surface area (Å²) in [6.07, 6.45) is 3.08. The van der Waals surface area contributed by atoms with E-state index >= 15 is 0 Å². The number of rotatable bonds is 4. The van der Waals surface area contributed by atoms with Gasteiger partial charge in [0.2, 0.25) is 5.91 Å². The molecule has 0 saturated carbocycles. The first-order chi connectivity index (χ1) is 12.6. The number of carbonyl (C=O) groups excluding carboxylic acids is 2. The van der Waals surface area contributed by atoms with Crippen molar-refractivity contribution < 1.29 is 9.59 Å². The first kappa shape index (κ1) is 18.0. The number of aromatic nitrogens is 2. The zero-order valence-electron chi connectivity index (χ0n) is 15.1. The molecule has 0 aliphatic carbocycles. The molecule has 1 aliphatic rings. The van der Waals surface area contributed by atoms with Gasteiger partial charge in [0.1, 0.15) is 11.9 Å². The monoisotopic (exact) mass is 353 g/mol. The van der Waals surface area contributed by atoms with E-state index in [0.717, 1.165) is 5.56 Å². The van der Waals surface area contributed by atoms with Crippen molar-refractivity contribution in [1.29, 1.82) is 0 Å². The molecule has 7 heteroatoms. The van der Waals surface area contributed by atoms with Gasteiger partial charge in [-0.15, -0.1) is 0 Å². The van der Waals surface area contributed by atoms with Crippen molar-refractivity contribution in [3.05, 3.63) is 59.7 Å². The Bertz CT molecular complexity index is 763. The van der Waals surface area contributed by atoms with Crippen LogP contribution in [0.5, 0.6) is 0 Å². The molecule has 0 radical (unpaired) electrons. The molecule has 1 atom stereocenters. The Hall–Kier alpha value is -2.80. The summed E-state index contributed by atoms with van der Waals surface area (Å²) < 4.78 is 0. The van der Waals surface area contributed by atoms with E-state index in [2.05, 4.69) is 20.2 Å². The molecule has 2 amide bonds. The molecular formula is C19H23N5O2. The average molecular weight is 353 g/mol. The van der Waals surface area contributed by atoms with Crippen LogP contribution in [0.2, 0.25) is 0 Å². The van der Waals surface area contributed by atoms with Crippen molar-refractivity contribution in [2.24, 2.45) is 0 Å². The molecule has 0 bridgehead atoms. The Labute approximate surface area is 153 Å². The predicted molar refractivity (Wildman–Crippen MR) is 97.4 cm³/mol. The fourth-order valence-electron chi connectivity index (χ4n) is 3.11. The number of likely N-dealkylation sites (N-methyl/N-ethyl adjacent to an activating group) is 1. The van der Waals surface area contributed by atoms with Crippen molar-refractivity contribution >= 4 is 11.8 Å². The fourth-order valence-corrected chi connectivity index (χ4v) is 3.11. The Morgan fingerprint density at radius 2 is 1.85 bits per heavy atom. The Morgan fingerprint density at radius 3 is 2.50 bits per heavy atom. The van der Waals surface area contributed by atoms with Gasteiger partial charge in [-0.2, -0.15) is 0 Å². The van der Waals surface area contributed by atoms with E-state index in [9.17, 15) is 9.59 Å². The topological polar surface area (TPSA) is 78.4 Å². The normalized spacial score (nSPS) is 17.8. The highest BCUT2D eigenvalue weighted by atomic mass is 16.2. The van der Waals surface area contributed by atoms with Gasteiger partial charge in [-0.25, -0.2) is 9.97 Å². The third-order valence-electron chi connectivity index (χ3n) is 4.58. The highest BCUT2D eigenvalue weighted by Crippen LogP contribution is 2.16. The van der Waals surface area contributed by atoms with Crippen molar-refractivity contribution in [2.75, 3.05) is 26.7 Å². The fraction of sp³-hybridized carbons (Fsp3) is 0.368. The van der Waals surface area contributed by atoms with Gasteiger partial charge in [0, 0.05) is 45.6 Å². The highest BCUT2D eigenvalue weighted by Gasteiger charge is 2.34. The Morgan fingerprint density at radius 1 is 1.15 bits per heavy atom. The minimum absolute atomic E-state index is 0.0846. The van der Waals surface area contributed by atoms with Crippen LogP contribution in [0.25, 0.3) is 0 Å². The van der Waals surface area contributed by atoms with E-state index in [1.165, 1.54) is 12.4 Å². The smallest absolute Gasteiger partial charge is 0.257 e. The lowest BCUT2D eigenvalue weighted by molar-refractivity contribution is -0.128. The molecule has 1 N–H and O–H groups in total. The van der Waals surface area contributed by atoms with Gasteiger partial charge >= 0.3 is 0 Å². The number of benzene rings is 1. The van der Waals surface area contributed by atoms with Gasteiger partial charge in [-0.1, -0.05) is 30.3 Å². The minimum atomic E-state index is -0.385. The standard InChI is InChI=1S/C19H23N5O2/c1-14-21-10-16(11-22-14)19(26)24-9-8-23(17(13-24)18(25)20-2)12-15-6-4-3-5-7-15/h3-7,10-11,17H,8-9,12-13H2,1-2H3,(H,20,25)/t17-/m0/s1. The second-order valence-corrected chi connectivity index (χ2v) is 6.36. The van der Waals surface area contributed by atoms with E-state index < -0.39 is 0 Å². The van der Waals surface area contributed by atoms with Gasteiger partial charge in [0.15, 0.2) is 0 Å². The Kier molecular flexibility index (Phi) is 5.58. The number of hydrogen-bond acceptors (Lipinski definition) is 5. The number of hydrogen-bond donors (Lipinski definition) is 1. The van der Waals surface area contributed by atoms with E-state index in [1.807, 2.05) is 30.3 Å². The lowest BCUT2D eigenvalue weighted by Crippen LogP contribution is -2.59. The van der Waals surface area contributed by atoms with Crippen molar-refractivity contribution in [1.82, 2.24) is 25.1 Å². The lowest BCUT2D eigenvalue weighted by atomic mass is 10.1. The molecule has 0 unspecified atom stereocenters. The number of piperazine rings is 1. The van der Waals surface area contributed by atoms with Crippen LogP contribution in [0.3, 0.4) is 0 Å². The zero-order chi connectivity index (χ0) is 18.5. The van der Waals surface area contributed by atoms with Gasteiger partial charge in [0.05, 0.1) is 5.56 Å². The molecule has 1 aromatic carbocycles. The van der Waals surface area contributed by atoms with Crippen LogP contribution in [0.15, 0.2) is 42.7 Å². The van der Waals surface area contributed by atoms with E-state index in [0.29, 0.717) is 37.6 Å². The molecule has 0 spiro atoms. The van der Waals surface area contributed by atoms with E-state index in [1.54, 1.807) is 18.9 Å². The molecule has 1 aromatic heterocycles. The van der Waals surface area contributed by atoms with Gasteiger partial charge in [-0.3, -0.25) is 14.5 Å². The number of nitrogens with one attached hydrogen (secondary N) is 1. The number of carbonyl (C=O) groups is 2. The molecule has 136 valence electrons. The van der Waals surface area contributed by atoms with Crippen LogP contribution in [-0.4, -0.2) is 64.3 Å². The second-order valence-electron chi connectivity index (χ2n) is 6.36. The molecule has 1 aliphatic heterocycles. The molecule has 7 nitrogen and oxygen atoms in total. The third kappa shape index (κ3) is 4.05. The lowest BCUT2D eigenvalue weighted by Gasteiger charge is -2.40. The Balaban J connectivity index is 1.74. The van der Waals surface area contributed by atoms with E-state index in [-0.39, 0.29) is 17.9 Å². The average Bonchev–Trinajstić information content (AvgIpc) is 2.68. The summed E-state index contributed by atoms with van der Waals surface area (Å²) in [6.45, 7) is 3.99. The summed E-state index contributed by atoms with van der Waals surface area (Å²) in [7, 11) is 1.62. The molecule has 3 rings (SSSR count). The van der Waals surface area contributed by atoms with Crippen LogP contribution >= 0.6 is 0 Å². The maximum absolute atomic E-state index is 12.7. The quantitative estimate of drug-likeness (QED) is 0.882. The van der Waals surface area contributed by atoms with Crippen molar-refractivity contribution in [3.8, 4) is 0 Å². The second kappa shape index (κ2) is 8.05. The maximum atomic E-state index is 12.7. The molecule has 1 saturated heterocycles. The first-order valence-corrected chi connectivity index (χ1v) is 8.66. The zero-order valence-corrected chi connectivity index (χ0v) is 15.1. The summed E-state index contributed by atoms with van der Waals surface area (Å²) in [5.74, 6) is 0.398. The molecule has 1 fully saturated rings. The molecule has 2 heterocycles. The number of aryl methyl sites for hydroxylation is 1. The third-order valence-corrected chi connectivity index (χ3v) is 4.58. The van der Waals surface area contributed by atoms with Crippen LogP contribution in [-0.2, 0) is 11.3 Å². The van der Waals surface area contributed by atoms with Crippen LogP contribution < -0.4 is 5.32 Å². The summed E-state index contributed by atoms with van der Waals surface area (Å²) >= 11 is 0. The minimum Gasteiger partial charge on any atom is -0.358 e. The van der Waals surface area contributed by atoms with Crippen LogP contribution in [0.4, 0.5) is 0 Å². The predicted octanol–water partition coefficient (Wildman–Crippen LogP) is 0.858. The van der Waals surface area contributed by atoms with Gasteiger partial charge in [0.25, 0.3) is 5.91 Å². The molecule has 2 aromatic rings. The van der Waals surface area contributed by atoms with E-state index in [4.69, 9.17) is 0 Å². The summed E-state index contributed by atoms with van der Waals surface area (Å²) in [6, 6.07) is 9.65. The summed E-state index contributed by atoms with van der Waals surface area (Å²) in [5.41, 5.74) is 1.59.